The van der Waals surface area contributed by atoms with Crippen LogP contribution in [-0.2, 0) is 10.0 Å². The fraction of sp³-hybridized carbons (Fsp3) is 0.500. The van der Waals surface area contributed by atoms with Gasteiger partial charge in [-0.1, -0.05) is 18.3 Å². The summed E-state index contributed by atoms with van der Waals surface area (Å²) in [6.07, 6.45) is 4.92. The molecule has 1 saturated carbocycles. The van der Waals surface area contributed by atoms with Crippen molar-refractivity contribution in [3.8, 4) is 0 Å². The molecule has 0 radical (unpaired) electrons. The van der Waals surface area contributed by atoms with Crippen molar-refractivity contribution < 1.29 is 8.42 Å². The number of hydrogen-bond acceptors (Lipinski definition) is 4. The molecule has 1 fully saturated rings. The third-order valence-corrected chi connectivity index (χ3v) is 6.65. The first-order valence-electron chi connectivity index (χ1n) is 6.79. The molecule has 2 atom stereocenters. The summed E-state index contributed by atoms with van der Waals surface area (Å²) in [6.45, 7) is 1.81. The number of thiocarbonyl (C=S) groups is 1. The Morgan fingerprint density at radius 3 is 2.67 bits per heavy atom. The Morgan fingerprint density at radius 2 is 2.14 bits per heavy atom. The maximum atomic E-state index is 12.4. The second-order valence-electron chi connectivity index (χ2n) is 5.33. The molecule has 0 amide bonds. The molecule has 0 bridgehead atoms. The minimum Gasteiger partial charge on any atom is -0.389 e. The van der Waals surface area contributed by atoms with Crippen LogP contribution in [0.4, 0.5) is 0 Å². The Bertz CT molecular complexity index is 644. The van der Waals surface area contributed by atoms with Crippen LogP contribution in [0.5, 0.6) is 0 Å². The van der Waals surface area contributed by atoms with E-state index in [2.05, 4.69) is 11.0 Å². The molecule has 0 heterocycles. The lowest BCUT2D eigenvalue weighted by atomic mass is 10.1. The minimum atomic E-state index is -3.48. The van der Waals surface area contributed by atoms with Gasteiger partial charge in [0.2, 0.25) is 10.0 Å². The molecule has 0 aromatic heterocycles. The van der Waals surface area contributed by atoms with Gasteiger partial charge < -0.3 is 5.73 Å². The van der Waals surface area contributed by atoms with Crippen molar-refractivity contribution in [1.82, 2.24) is 4.72 Å². The van der Waals surface area contributed by atoms with Crippen molar-refractivity contribution in [3.63, 3.8) is 0 Å². The van der Waals surface area contributed by atoms with Gasteiger partial charge in [0.15, 0.2) is 0 Å². The molecule has 21 heavy (non-hydrogen) atoms. The molecular weight excluding hydrogens is 324 g/mol. The van der Waals surface area contributed by atoms with Crippen molar-refractivity contribution in [2.45, 2.75) is 42.4 Å². The molecule has 1 aliphatic carbocycles. The monoisotopic (exact) mass is 344 g/mol. The first kappa shape index (κ1) is 16.7. The largest absolute Gasteiger partial charge is 0.389 e. The van der Waals surface area contributed by atoms with E-state index in [4.69, 9.17) is 18.0 Å². The van der Waals surface area contributed by atoms with Crippen molar-refractivity contribution in [3.05, 3.63) is 29.3 Å². The summed E-state index contributed by atoms with van der Waals surface area (Å²) in [5.74, 6) is 0. The quantitative estimate of drug-likeness (QED) is 0.801. The van der Waals surface area contributed by atoms with Gasteiger partial charge in [-0.15, -0.1) is 0 Å². The summed E-state index contributed by atoms with van der Waals surface area (Å²) < 4.78 is 27.7. The lowest BCUT2D eigenvalue weighted by Gasteiger charge is -2.14. The highest BCUT2D eigenvalue weighted by atomic mass is 32.2. The Morgan fingerprint density at radius 1 is 1.43 bits per heavy atom. The van der Waals surface area contributed by atoms with Crippen molar-refractivity contribution in [2.24, 2.45) is 5.73 Å². The van der Waals surface area contributed by atoms with Gasteiger partial charge in [0, 0.05) is 16.9 Å². The van der Waals surface area contributed by atoms with Crippen LogP contribution < -0.4 is 10.5 Å². The molecule has 7 heteroatoms. The number of rotatable bonds is 5. The lowest BCUT2D eigenvalue weighted by molar-refractivity contribution is 0.552. The van der Waals surface area contributed by atoms with Crippen molar-refractivity contribution in [2.75, 3.05) is 6.26 Å². The molecule has 2 unspecified atom stereocenters. The summed E-state index contributed by atoms with van der Waals surface area (Å²) in [5.41, 5.74) is 7.09. The van der Waals surface area contributed by atoms with Crippen LogP contribution in [0.25, 0.3) is 0 Å². The van der Waals surface area contributed by atoms with Crippen LogP contribution in [0, 0.1) is 6.92 Å². The Hall–Kier alpha value is -0.630. The van der Waals surface area contributed by atoms with Crippen LogP contribution >= 0.6 is 24.0 Å². The molecule has 1 aliphatic rings. The summed E-state index contributed by atoms with van der Waals surface area (Å²) in [6, 6.07) is 4.89. The number of nitrogens with two attached hydrogens (primary N) is 1. The van der Waals surface area contributed by atoms with E-state index < -0.39 is 10.0 Å². The lowest BCUT2D eigenvalue weighted by Crippen LogP contribution is -2.33. The Balaban J connectivity index is 2.16. The van der Waals surface area contributed by atoms with Gasteiger partial charge in [-0.25, -0.2) is 13.1 Å². The SMILES string of the molecule is CSC1CCC(NS(=O)(=O)c2ccc(C(N)=S)c(C)c2)C1. The van der Waals surface area contributed by atoms with Gasteiger partial charge >= 0.3 is 0 Å². The molecule has 2 rings (SSSR count). The Kier molecular flexibility index (Phi) is 5.29. The molecule has 0 spiro atoms. The maximum absolute atomic E-state index is 12.4. The first-order chi connectivity index (χ1) is 9.83. The predicted molar refractivity (Wildman–Crippen MR) is 92.3 cm³/mol. The maximum Gasteiger partial charge on any atom is 0.240 e. The molecule has 1 aromatic carbocycles. The first-order valence-corrected chi connectivity index (χ1v) is 9.97. The zero-order valence-corrected chi connectivity index (χ0v) is 14.6. The van der Waals surface area contributed by atoms with Gasteiger partial charge in [-0.2, -0.15) is 11.8 Å². The number of nitrogens with one attached hydrogen (secondary N) is 1. The van der Waals surface area contributed by atoms with Crippen molar-refractivity contribution >= 4 is 39.0 Å². The highest BCUT2D eigenvalue weighted by Gasteiger charge is 2.28. The van der Waals surface area contributed by atoms with Crippen LogP contribution in [0.3, 0.4) is 0 Å². The van der Waals surface area contributed by atoms with Gasteiger partial charge in [0.1, 0.15) is 4.99 Å². The van der Waals surface area contributed by atoms with Crippen LogP contribution in [-0.4, -0.2) is 31.0 Å². The van der Waals surface area contributed by atoms with Gasteiger partial charge in [0.05, 0.1) is 4.90 Å². The average Bonchev–Trinajstić information content (AvgIpc) is 2.85. The van der Waals surface area contributed by atoms with Crippen LogP contribution in [0.2, 0.25) is 0 Å². The molecule has 3 N–H and O–H groups in total. The summed E-state index contributed by atoms with van der Waals surface area (Å²) >= 11 is 6.74. The highest BCUT2D eigenvalue weighted by molar-refractivity contribution is 7.99. The van der Waals surface area contributed by atoms with E-state index >= 15 is 0 Å². The normalized spacial score (nSPS) is 22.4. The van der Waals surface area contributed by atoms with Gasteiger partial charge in [0.25, 0.3) is 0 Å². The van der Waals surface area contributed by atoms with E-state index in [-0.39, 0.29) is 15.9 Å². The number of benzene rings is 1. The van der Waals surface area contributed by atoms with Gasteiger partial charge in [-0.05, 0) is 50.1 Å². The summed E-state index contributed by atoms with van der Waals surface area (Å²) in [7, 11) is -3.48. The summed E-state index contributed by atoms with van der Waals surface area (Å²) in [5, 5.41) is 0.552. The highest BCUT2D eigenvalue weighted by Crippen LogP contribution is 2.29. The van der Waals surface area contributed by atoms with Crippen LogP contribution in [0.15, 0.2) is 23.1 Å². The van der Waals surface area contributed by atoms with E-state index in [9.17, 15) is 8.42 Å². The van der Waals surface area contributed by atoms with Crippen LogP contribution in [0.1, 0.15) is 30.4 Å². The number of hydrogen-bond donors (Lipinski definition) is 2. The van der Waals surface area contributed by atoms with Crippen molar-refractivity contribution in [1.29, 1.82) is 0 Å². The smallest absolute Gasteiger partial charge is 0.240 e. The second kappa shape index (κ2) is 6.64. The van der Waals surface area contributed by atoms with E-state index in [0.717, 1.165) is 24.8 Å². The van der Waals surface area contributed by atoms with E-state index in [0.29, 0.717) is 10.8 Å². The second-order valence-corrected chi connectivity index (χ2v) is 8.62. The number of aryl methyl sites for hydroxylation is 1. The third-order valence-electron chi connectivity index (χ3n) is 3.81. The minimum absolute atomic E-state index is 0.0306. The molecule has 116 valence electrons. The topological polar surface area (TPSA) is 72.2 Å². The number of thioether (sulfide) groups is 1. The fourth-order valence-corrected chi connectivity index (χ4v) is 5.02. The Labute approximate surface area is 135 Å². The predicted octanol–water partition coefficient (Wildman–Crippen LogP) is 2.19. The van der Waals surface area contributed by atoms with Gasteiger partial charge in [-0.3, -0.25) is 0 Å². The summed E-state index contributed by atoms with van der Waals surface area (Å²) in [4.78, 5) is 0.551. The zero-order valence-electron chi connectivity index (χ0n) is 12.1. The average molecular weight is 345 g/mol. The molecule has 0 saturated heterocycles. The van der Waals surface area contributed by atoms with E-state index in [1.807, 2.05) is 6.92 Å². The molecule has 0 aliphatic heterocycles. The number of sulfonamides is 1. The standard InChI is InChI=1S/C14H20N2O2S3/c1-9-7-12(5-6-13(9)14(15)19)21(17,18)16-10-3-4-11(8-10)20-2/h5-7,10-11,16H,3-4,8H2,1-2H3,(H2,15,19). The van der Waals surface area contributed by atoms with E-state index in [1.54, 1.807) is 30.0 Å². The van der Waals surface area contributed by atoms with E-state index in [1.165, 1.54) is 0 Å². The molecule has 1 aromatic rings. The zero-order chi connectivity index (χ0) is 15.6. The fourth-order valence-electron chi connectivity index (χ4n) is 2.63. The molecular formula is C14H20N2O2S3. The third kappa shape index (κ3) is 3.97. The molecule has 4 nitrogen and oxygen atoms in total.